The van der Waals surface area contributed by atoms with Gasteiger partial charge in [-0.25, -0.2) is 4.79 Å². The van der Waals surface area contributed by atoms with E-state index in [-0.39, 0.29) is 12.1 Å². The number of carbonyl (C=O) groups is 1. The van der Waals surface area contributed by atoms with Crippen molar-refractivity contribution in [3.63, 3.8) is 0 Å². The number of piperidine rings is 1. The summed E-state index contributed by atoms with van der Waals surface area (Å²) in [5, 5.41) is 3.09. The van der Waals surface area contributed by atoms with Gasteiger partial charge in [0.15, 0.2) is 0 Å². The predicted octanol–water partition coefficient (Wildman–Crippen LogP) is 5.09. The van der Waals surface area contributed by atoms with E-state index in [1.54, 1.807) is 7.11 Å². The van der Waals surface area contributed by atoms with E-state index < -0.39 is 0 Å². The largest absolute Gasteiger partial charge is 0.495 e. The van der Waals surface area contributed by atoms with E-state index >= 15 is 0 Å². The highest BCUT2D eigenvalue weighted by Crippen LogP contribution is 2.32. The monoisotopic (exact) mass is 395 g/mol. The number of benzene rings is 2. The van der Waals surface area contributed by atoms with Crippen LogP contribution >= 0.6 is 0 Å². The molecule has 0 aliphatic carbocycles. The molecule has 0 radical (unpaired) electrons. The van der Waals surface area contributed by atoms with Crippen molar-refractivity contribution in [3.8, 4) is 5.75 Å². The number of nitrogens with zero attached hydrogens (tertiary/aromatic N) is 2. The molecule has 2 aliphatic heterocycles. The second kappa shape index (κ2) is 9.68. The quantitative estimate of drug-likeness (QED) is 0.787. The van der Waals surface area contributed by atoms with Crippen molar-refractivity contribution < 1.29 is 9.53 Å². The third-order valence-electron chi connectivity index (χ3n) is 5.72. The molecule has 2 amide bonds. The molecular weight excluding hydrogens is 362 g/mol. The first-order chi connectivity index (χ1) is 14.2. The maximum Gasteiger partial charge on any atom is 0.322 e. The van der Waals surface area contributed by atoms with Crippen molar-refractivity contribution in [2.24, 2.45) is 0 Å². The number of rotatable bonds is 3. The lowest BCUT2D eigenvalue weighted by Gasteiger charge is -2.39. The van der Waals surface area contributed by atoms with E-state index in [1.807, 2.05) is 36.9 Å². The van der Waals surface area contributed by atoms with Crippen LogP contribution in [0.2, 0.25) is 0 Å². The average Bonchev–Trinajstić information content (AvgIpc) is 2.93. The van der Waals surface area contributed by atoms with Gasteiger partial charge in [0.2, 0.25) is 0 Å². The highest BCUT2D eigenvalue weighted by Gasteiger charge is 2.30. The van der Waals surface area contributed by atoms with Crippen LogP contribution in [0.1, 0.15) is 37.8 Å². The Hall–Kier alpha value is -2.69. The van der Waals surface area contributed by atoms with Gasteiger partial charge in [0, 0.05) is 31.4 Å². The van der Waals surface area contributed by atoms with Gasteiger partial charge in [-0.15, -0.1) is 0 Å². The van der Waals surface area contributed by atoms with E-state index in [1.165, 1.54) is 11.1 Å². The topological polar surface area (TPSA) is 44.8 Å². The minimum absolute atomic E-state index is 0.0336. The number of amides is 2. The second-order valence-electron chi connectivity index (χ2n) is 7.42. The van der Waals surface area contributed by atoms with Crippen molar-refractivity contribution in [1.29, 1.82) is 0 Å². The van der Waals surface area contributed by atoms with Crippen molar-refractivity contribution in [2.75, 3.05) is 37.0 Å². The van der Waals surface area contributed by atoms with Gasteiger partial charge >= 0.3 is 6.03 Å². The molecule has 4 rings (SSSR count). The molecule has 2 aliphatic rings. The van der Waals surface area contributed by atoms with Crippen LogP contribution < -0.4 is 15.0 Å². The number of urea groups is 1. The molecule has 2 aromatic rings. The SMILES string of the molecule is CC.COc1cc(C)ccc1N1CCC(N2CCc3ccccc3NC2=O)CC1. The first kappa shape index (κ1) is 21.0. The highest BCUT2D eigenvalue weighted by atomic mass is 16.5. The Labute approximate surface area is 174 Å². The fraction of sp³-hybridized carbons (Fsp3) is 0.458. The van der Waals surface area contributed by atoms with Gasteiger partial charge in [0.05, 0.1) is 12.8 Å². The maximum atomic E-state index is 12.7. The van der Waals surface area contributed by atoms with Crippen molar-refractivity contribution in [1.82, 2.24) is 4.90 Å². The number of methoxy groups -OCH3 is 1. The summed E-state index contributed by atoms with van der Waals surface area (Å²) in [4.78, 5) is 17.2. The van der Waals surface area contributed by atoms with Gasteiger partial charge in [-0.3, -0.25) is 0 Å². The Bertz CT molecular complexity index is 829. The Morgan fingerprint density at radius 3 is 2.48 bits per heavy atom. The zero-order valence-corrected chi connectivity index (χ0v) is 18.1. The van der Waals surface area contributed by atoms with Crippen molar-refractivity contribution >= 4 is 17.4 Å². The summed E-state index contributed by atoms with van der Waals surface area (Å²) in [7, 11) is 1.73. The normalized spacial score (nSPS) is 16.9. The number of ether oxygens (including phenoxy) is 1. The van der Waals surface area contributed by atoms with Crippen LogP contribution in [0.4, 0.5) is 16.2 Å². The minimum atomic E-state index is 0.0336. The van der Waals surface area contributed by atoms with Gasteiger partial charge in [-0.1, -0.05) is 38.1 Å². The molecule has 2 heterocycles. The van der Waals surface area contributed by atoms with Gasteiger partial charge in [0.1, 0.15) is 5.75 Å². The Kier molecular flexibility index (Phi) is 7.02. The molecular formula is C24H33N3O2. The highest BCUT2D eigenvalue weighted by molar-refractivity contribution is 5.91. The number of aryl methyl sites for hydroxylation is 1. The number of nitrogens with one attached hydrogen (secondary N) is 1. The zero-order valence-electron chi connectivity index (χ0n) is 18.1. The van der Waals surface area contributed by atoms with Crippen LogP contribution in [0.5, 0.6) is 5.75 Å². The van der Waals surface area contributed by atoms with Crippen LogP contribution in [-0.4, -0.2) is 43.7 Å². The summed E-state index contributed by atoms with van der Waals surface area (Å²) in [6, 6.07) is 14.8. The Balaban J connectivity index is 0.00000117. The molecule has 1 saturated heterocycles. The molecule has 5 nitrogen and oxygen atoms in total. The van der Waals surface area contributed by atoms with Crippen LogP contribution in [-0.2, 0) is 6.42 Å². The summed E-state index contributed by atoms with van der Waals surface area (Å²) in [6.45, 7) is 8.72. The third-order valence-corrected chi connectivity index (χ3v) is 5.72. The number of anilines is 2. The molecule has 2 aromatic carbocycles. The first-order valence-electron chi connectivity index (χ1n) is 10.7. The number of hydrogen-bond donors (Lipinski definition) is 1. The number of para-hydroxylation sites is 1. The first-order valence-corrected chi connectivity index (χ1v) is 10.7. The van der Waals surface area contributed by atoms with Crippen LogP contribution in [0.25, 0.3) is 0 Å². The molecule has 5 heteroatoms. The van der Waals surface area contributed by atoms with Crippen LogP contribution in [0, 0.1) is 6.92 Å². The fourth-order valence-corrected chi connectivity index (χ4v) is 4.20. The number of hydrogen-bond acceptors (Lipinski definition) is 3. The van der Waals surface area contributed by atoms with Gasteiger partial charge in [0.25, 0.3) is 0 Å². The van der Waals surface area contributed by atoms with Gasteiger partial charge < -0.3 is 19.9 Å². The molecule has 0 aromatic heterocycles. The van der Waals surface area contributed by atoms with E-state index in [9.17, 15) is 4.79 Å². The van der Waals surface area contributed by atoms with Crippen LogP contribution in [0.3, 0.4) is 0 Å². The number of carbonyl (C=O) groups excluding carboxylic acids is 1. The minimum Gasteiger partial charge on any atom is -0.495 e. The standard InChI is InChI=1S/C22H27N3O2.C2H6/c1-16-7-8-20(21(15-16)27-2)24-12-10-18(11-13-24)25-14-9-17-5-3-4-6-19(17)23-22(25)26;1-2/h3-8,15,18H,9-14H2,1-2H3,(H,23,26);1-2H3. The van der Waals surface area contributed by atoms with E-state index in [2.05, 4.69) is 41.4 Å². The summed E-state index contributed by atoms with van der Waals surface area (Å²) >= 11 is 0. The lowest BCUT2D eigenvalue weighted by Crippen LogP contribution is -2.49. The zero-order chi connectivity index (χ0) is 20.8. The lowest BCUT2D eigenvalue weighted by molar-refractivity contribution is 0.177. The molecule has 0 unspecified atom stereocenters. The second-order valence-corrected chi connectivity index (χ2v) is 7.42. The molecule has 29 heavy (non-hydrogen) atoms. The smallest absolute Gasteiger partial charge is 0.322 e. The van der Waals surface area contributed by atoms with E-state index in [4.69, 9.17) is 4.74 Å². The summed E-state index contributed by atoms with van der Waals surface area (Å²) in [6.07, 6.45) is 2.85. The van der Waals surface area contributed by atoms with Gasteiger partial charge in [-0.2, -0.15) is 0 Å². The molecule has 1 N–H and O–H groups in total. The summed E-state index contributed by atoms with van der Waals surface area (Å²) in [5.74, 6) is 0.927. The molecule has 156 valence electrons. The summed E-state index contributed by atoms with van der Waals surface area (Å²) in [5.41, 5.74) is 4.52. The van der Waals surface area contributed by atoms with Gasteiger partial charge in [-0.05, 0) is 55.5 Å². The van der Waals surface area contributed by atoms with Crippen LogP contribution in [0.15, 0.2) is 42.5 Å². The van der Waals surface area contributed by atoms with Crippen molar-refractivity contribution in [2.45, 2.75) is 46.1 Å². The number of fused-ring (bicyclic) bond motifs is 1. The Morgan fingerprint density at radius 2 is 1.76 bits per heavy atom. The third kappa shape index (κ3) is 4.66. The van der Waals surface area contributed by atoms with Crippen molar-refractivity contribution in [3.05, 3.63) is 53.6 Å². The average molecular weight is 396 g/mol. The Morgan fingerprint density at radius 1 is 1.03 bits per heavy atom. The fourth-order valence-electron chi connectivity index (χ4n) is 4.20. The lowest BCUT2D eigenvalue weighted by atomic mass is 10.0. The van der Waals surface area contributed by atoms with E-state index in [0.29, 0.717) is 0 Å². The molecule has 1 fully saturated rings. The molecule has 0 atom stereocenters. The molecule has 0 spiro atoms. The van der Waals surface area contributed by atoms with E-state index in [0.717, 1.165) is 56.0 Å². The molecule has 0 bridgehead atoms. The predicted molar refractivity (Wildman–Crippen MR) is 120 cm³/mol. The molecule has 0 saturated carbocycles. The summed E-state index contributed by atoms with van der Waals surface area (Å²) < 4.78 is 5.58. The maximum absolute atomic E-state index is 12.7.